The first kappa shape index (κ1) is 29.4. The van der Waals surface area contributed by atoms with Gasteiger partial charge in [-0.2, -0.15) is 46.8 Å². The fraction of sp³-hybridized carbons (Fsp3) is 0.216. The van der Waals surface area contributed by atoms with Crippen molar-refractivity contribution in [2.45, 2.75) is 39.3 Å². The minimum absolute atomic E-state index is 0. The summed E-state index contributed by atoms with van der Waals surface area (Å²) < 4.78 is 2.30. The number of fused-ring (bicyclic) bond motifs is 4. The van der Waals surface area contributed by atoms with Crippen molar-refractivity contribution in [2.24, 2.45) is 0 Å². The second-order valence-electron chi connectivity index (χ2n) is 13.0. The molecule has 4 nitrogen and oxygen atoms in total. The first-order valence-electron chi connectivity index (χ1n) is 14.7. The summed E-state index contributed by atoms with van der Waals surface area (Å²) in [6, 6.07) is 40.6. The van der Waals surface area contributed by atoms with E-state index in [1.807, 2.05) is 6.20 Å². The van der Waals surface area contributed by atoms with Gasteiger partial charge in [-0.25, -0.2) is 4.98 Å². The van der Waals surface area contributed by atoms with Gasteiger partial charge >= 0.3 is 21.1 Å². The van der Waals surface area contributed by atoms with Gasteiger partial charge in [-0.05, 0) is 46.7 Å². The van der Waals surface area contributed by atoms with Gasteiger partial charge in [0.1, 0.15) is 5.82 Å². The van der Waals surface area contributed by atoms with E-state index >= 15 is 0 Å². The van der Waals surface area contributed by atoms with Gasteiger partial charge in [0, 0.05) is 18.8 Å². The van der Waals surface area contributed by atoms with Crippen LogP contribution in [0.15, 0.2) is 97.2 Å². The fourth-order valence-electron chi connectivity index (χ4n) is 6.21. The van der Waals surface area contributed by atoms with Crippen molar-refractivity contribution in [1.82, 2.24) is 9.55 Å². The molecule has 0 unspecified atom stereocenters. The van der Waals surface area contributed by atoms with Gasteiger partial charge in [-0.15, -0.1) is 11.5 Å². The van der Waals surface area contributed by atoms with Gasteiger partial charge in [0.2, 0.25) is 0 Å². The van der Waals surface area contributed by atoms with Crippen molar-refractivity contribution in [3.05, 3.63) is 115 Å². The molecule has 1 aliphatic heterocycles. The van der Waals surface area contributed by atoms with E-state index in [0.717, 1.165) is 29.2 Å². The zero-order valence-corrected chi connectivity index (χ0v) is 28.8. The molecule has 0 saturated carbocycles. The predicted octanol–water partition coefficient (Wildman–Crippen LogP) is 7.44. The molecule has 1 aliphatic rings. The maximum atomic E-state index is 4.86. The summed E-state index contributed by atoms with van der Waals surface area (Å²) in [5.41, 5.74) is 7.14. The Labute approximate surface area is 270 Å². The molecule has 0 aliphatic carbocycles. The van der Waals surface area contributed by atoms with Crippen LogP contribution in [0.1, 0.15) is 26.3 Å². The van der Waals surface area contributed by atoms with Crippen LogP contribution in [0.3, 0.4) is 0 Å². The molecular weight excluding hydrogens is 724 g/mol. The van der Waals surface area contributed by atoms with Crippen LogP contribution in [-0.4, -0.2) is 31.3 Å². The van der Waals surface area contributed by atoms with Crippen LogP contribution >= 0.6 is 0 Å². The maximum Gasteiger partial charge on any atom is 2.00 e. The molecule has 0 N–H and O–H groups in total. The monoisotopic (exact) mass is 759 g/mol. The van der Waals surface area contributed by atoms with E-state index in [1.54, 1.807) is 0 Å². The maximum absolute atomic E-state index is 4.86. The number of pyridine rings is 1. The number of nitrogens with zero attached hydrogens (tertiary/aromatic N) is 4. The Morgan fingerprint density at radius 2 is 1.49 bits per heavy atom. The fourth-order valence-corrected chi connectivity index (χ4v) is 8.39. The predicted molar refractivity (Wildman–Crippen MR) is 180 cm³/mol. The second kappa shape index (κ2) is 10.8. The summed E-state index contributed by atoms with van der Waals surface area (Å²) in [7, 11) is -0.0130. The summed E-state index contributed by atoms with van der Waals surface area (Å²) in [5, 5.41) is 4.97. The van der Waals surface area contributed by atoms with E-state index in [9.17, 15) is 0 Å². The SMILES string of the molecule is CN1CN(c2[c-]c([Si](C)(C)c3[c-]c4c(cc3)c3ccccc3n4-c3cc(C(C)(C)C)ccn3)ccc2)c2ccccc21.[Pt+2]. The topological polar surface area (TPSA) is 24.3 Å². The number of rotatable bonds is 4. The van der Waals surface area contributed by atoms with Crippen molar-refractivity contribution < 1.29 is 21.1 Å². The summed E-state index contributed by atoms with van der Waals surface area (Å²) in [6.45, 7) is 12.4. The van der Waals surface area contributed by atoms with E-state index in [1.165, 1.54) is 38.1 Å². The van der Waals surface area contributed by atoms with E-state index in [4.69, 9.17) is 4.98 Å². The summed E-state index contributed by atoms with van der Waals surface area (Å²) in [6.07, 6.45) is 1.94. The van der Waals surface area contributed by atoms with Crippen LogP contribution in [0.25, 0.3) is 27.6 Å². The third-order valence-electron chi connectivity index (χ3n) is 8.78. The molecule has 4 aromatic carbocycles. The molecule has 3 heterocycles. The van der Waals surface area contributed by atoms with E-state index in [-0.39, 0.29) is 26.5 Å². The molecule has 218 valence electrons. The standard InChI is InChI=1S/C37H36N4Si.Pt/c1-37(2,3)26-20-21-38-36(22-26)41-32-15-8-7-14-30(32)31-19-18-29(24-35(31)41)42(5,6)28-13-11-12-27(23-28)40-25-39(4)33-16-9-10-17-34(33)40;/h7-22H,25H2,1-6H3;/q-2;+2. The second-order valence-corrected chi connectivity index (χ2v) is 17.3. The molecule has 0 bridgehead atoms. The van der Waals surface area contributed by atoms with Crippen LogP contribution in [-0.2, 0) is 26.5 Å². The number of anilines is 3. The van der Waals surface area contributed by atoms with Gasteiger partial charge in [0.25, 0.3) is 0 Å². The number of hydrogen-bond donors (Lipinski definition) is 0. The van der Waals surface area contributed by atoms with Crippen LogP contribution < -0.4 is 20.2 Å². The minimum atomic E-state index is -2.16. The van der Waals surface area contributed by atoms with E-state index in [0.29, 0.717) is 0 Å². The van der Waals surface area contributed by atoms with Crippen molar-refractivity contribution in [3.8, 4) is 5.82 Å². The smallest absolute Gasteiger partial charge is 0.355 e. The Bertz CT molecular complexity index is 1970. The average Bonchev–Trinajstić information content (AvgIpc) is 3.51. The first-order valence-corrected chi connectivity index (χ1v) is 17.7. The zero-order chi connectivity index (χ0) is 29.2. The molecular formula is C37H36N4PtSi. The Kier molecular flexibility index (Phi) is 7.39. The van der Waals surface area contributed by atoms with Gasteiger partial charge in [0.15, 0.2) is 0 Å². The Morgan fingerprint density at radius 1 is 0.767 bits per heavy atom. The molecule has 0 saturated heterocycles. The molecule has 0 fully saturated rings. The molecule has 0 atom stereocenters. The largest absolute Gasteiger partial charge is 2.00 e. The van der Waals surface area contributed by atoms with Crippen LogP contribution in [0.4, 0.5) is 17.1 Å². The quantitative estimate of drug-likeness (QED) is 0.138. The summed E-state index contributed by atoms with van der Waals surface area (Å²) in [5.74, 6) is 0.937. The van der Waals surface area contributed by atoms with Gasteiger partial charge in [0.05, 0.1) is 26.1 Å². The number of para-hydroxylation sites is 3. The summed E-state index contributed by atoms with van der Waals surface area (Å²) >= 11 is 0. The zero-order valence-electron chi connectivity index (χ0n) is 25.5. The van der Waals surface area contributed by atoms with Gasteiger partial charge < -0.3 is 14.4 Å². The van der Waals surface area contributed by atoms with Gasteiger partial charge in [-0.1, -0.05) is 75.4 Å². The molecule has 6 aromatic rings. The first-order chi connectivity index (χ1) is 20.1. The van der Waals surface area contributed by atoms with Crippen molar-refractivity contribution in [3.63, 3.8) is 0 Å². The minimum Gasteiger partial charge on any atom is -0.355 e. The molecule has 7 rings (SSSR count). The van der Waals surface area contributed by atoms with Crippen molar-refractivity contribution in [1.29, 1.82) is 0 Å². The Morgan fingerprint density at radius 3 is 2.28 bits per heavy atom. The van der Waals surface area contributed by atoms with Gasteiger partial charge in [-0.3, -0.25) is 0 Å². The number of aromatic nitrogens is 2. The van der Waals surface area contributed by atoms with Crippen LogP contribution in [0.2, 0.25) is 13.1 Å². The third-order valence-corrected chi connectivity index (χ3v) is 12.1. The Balaban J connectivity index is 0.00000329. The van der Waals surface area contributed by atoms with Crippen LogP contribution in [0, 0.1) is 12.1 Å². The molecule has 0 amide bonds. The van der Waals surface area contributed by atoms with E-state index in [2.05, 4.69) is 158 Å². The van der Waals surface area contributed by atoms with E-state index < -0.39 is 8.07 Å². The Hall–Kier alpha value is -3.66. The molecule has 43 heavy (non-hydrogen) atoms. The number of benzene rings is 4. The van der Waals surface area contributed by atoms with Crippen LogP contribution in [0.5, 0.6) is 0 Å². The normalized spacial score (nSPS) is 13.4. The third kappa shape index (κ3) is 4.93. The molecule has 2 aromatic heterocycles. The summed E-state index contributed by atoms with van der Waals surface area (Å²) in [4.78, 5) is 9.52. The molecule has 6 heteroatoms. The average molecular weight is 760 g/mol. The molecule has 0 spiro atoms. The number of hydrogen-bond acceptors (Lipinski definition) is 3. The van der Waals surface area contributed by atoms with Crippen molar-refractivity contribution >= 4 is 57.3 Å². The molecule has 0 radical (unpaired) electrons. The van der Waals surface area contributed by atoms with Crippen molar-refractivity contribution in [2.75, 3.05) is 23.5 Å².